The third kappa shape index (κ3) is 4.28. The largest absolute Gasteiger partial charge is 0.326 e. The van der Waals surface area contributed by atoms with Crippen LogP contribution in [0.4, 0.5) is 17.1 Å². The van der Waals surface area contributed by atoms with Crippen LogP contribution in [0.2, 0.25) is 5.02 Å². The Morgan fingerprint density at radius 1 is 1.15 bits per heavy atom. The maximum Gasteiger partial charge on any atom is 0.229 e. The number of benzene rings is 2. The molecule has 2 N–H and O–H groups in total. The van der Waals surface area contributed by atoms with E-state index >= 15 is 0 Å². The molecule has 27 heavy (non-hydrogen) atoms. The maximum atomic E-state index is 12.6. The summed E-state index contributed by atoms with van der Waals surface area (Å²) in [4.78, 5) is 37.8. The molecule has 2 aromatic carbocycles. The first-order chi connectivity index (χ1) is 12.8. The Bertz CT molecular complexity index is 913. The van der Waals surface area contributed by atoms with Crippen molar-refractivity contribution in [3.8, 4) is 0 Å². The van der Waals surface area contributed by atoms with Crippen molar-refractivity contribution in [1.82, 2.24) is 0 Å². The topological polar surface area (TPSA) is 78.5 Å². The van der Waals surface area contributed by atoms with Crippen LogP contribution in [-0.2, 0) is 14.4 Å². The number of nitrogens with zero attached hydrogens (tertiary/aromatic N) is 1. The van der Waals surface area contributed by atoms with E-state index in [0.717, 1.165) is 5.56 Å². The quantitative estimate of drug-likeness (QED) is 0.844. The molecule has 3 amide bonds. The van der Waals surface area contributed by atoms with E-state index in [1.165, 1.54) is 6.92 Å². The fraction of sp³-hybridized carbons (Fsp3) is 0.250. The van der Waals surface area contributed by atoms with E-state index in [2.05, 4.69) is 10.6 Å². The van der Waals surface area contributed by atoms with E-state index in [1.54, 1.807) is 47.4 Å². The molecule has 0 saturated carbocycles. The number of rotatable bonds is 4. The van der Waals surface area contributed by atoms with Gasteiger partial charge in [-0.2, -0.15) is 0 Å². The van der Waals surface area contributed by atoms with Crippen LogP contribution in [0.5, 0.6) is 0 Å². The smallest absolute Gasteiger partial charge is 0.229 e. The van der Waals surface area contributed by atoms with Crippen LogP contribution in [-0.4, -0.2) is 24.3 Å². The number of nitrogens with one attached hydrogen (secondary N) is 2. The lowest BCUT2D eigenvalue weighted by Gasteiger charge is -2.18. The summed E-state index contributed by atoms with van der Waals surface area (Å²) in [6, 6.07) is 12.3. The zero-order chi connectivity index (χ0) is 19.6. The molecule has 3 rings (SSSR count). The van der Waals surface area contributed by atoms with Gasteiger partial charge in [0.2, 0.25) is 17.7 Å². The van der Waals surface area contributed by atoms with Crippen molar-refractivity contribution >= 4 is 46.4 Å². The van der Waals surface area contributed by atoms with E-state index < -0.39 is 5.92 Å². The first-order valence-corrected chi connectivity index (χ1v) is 8.97. The molecule has 1 saturated heterocycles. The number of hydrogen-bond donors (Lipinski definition) is 2. The van der Waals surface area contributed by atoms with Crippen LogP contribution < -0.4 is 15.5 Å². The third-order valence-corrected chi connectivity index (χ3v) is 4.91. The van der Waals surface area contributed by atoms with E-state index in [4.69, 9.17) is 11.6 Å². The molecule has 0 bridgehead atoms. The summed E-state index contributed by atoms with van der Waals surface area (Å²) < 4.78 is 0. The van der Waals surface area contributed by atoms with E-state index in [9.17, 15) is 14.4 Å². The predicted molar refractivity (Wildman–Crippen MR) is 106 cm³/mol. The molecule has 1 atom stereocenters. The second-order valence-electron chi connectivity index (χ2n) is 6.54. The average Bonchev–Trinajstić information content (AvgIpc) is 3.00. The van der Waals surface area contributed by atoms with Crippen molar-refractivity contribution < 1.29 is 14.4 Å². The number of carbonyl (C=O) groups excluding carboxylic acids is 3. The maximum absolute atomic E-state index is 12.6. The summed E-state index contributed by atoms with van der Waals surface area (Å²) in [6.45, 7) is 3.54. The number of carbonyl (C=O) groups is 3. The van der Waals surface area contributed by atoms with Crippen molar-refractivity contribution in [2.24, 2.45) is 5.92 Å². The normalized spacial score (nSPS) is 16.3. The molecule has 0 aromatic heterocycles. The summed E-state index contributed by atoms with van der Waals surface area (Å²) in [5, 5.41) is 6.13. The minimum Gasteiger partial charge on any atom is -0.326 e. The van der Waals surface area contributed by atoms with Crippen molar-refractivity contribution in [3.63, 3.8) is 0 Å². The van der Waals surface area contributed by atoms with Crippen molar-refractivity contribution in [2.45, 2.75) is 20.3 Å². The van der Waals surface area contributed by atoms with Gasteiger partial charge in [0.15, 0.2) is 0 Å². The molecule has 1 aliphatic heterocycles. The van der Waals surface area contributed by atoms with Crippen LogP contribution in [0, 0.1) is 12.8 Å². The van der Waals surface area contributed by atoms with Crippen LogP contribution >= 0.6 is 11.6 Å². The fourth-order valence-corrected chi connectivity index (χ4v) is 3.24. The van der Waals surface area contributed by atoms with Gasteiger partial charge < -0.3 is 15.5 Å². The fourth-order valence-electron chi connectivity index (χ4n) is 3.07. The van der Waals surface area contributed by atoms with Gasteiger partial charge in [-0.3, -0.25) is 14.4 Å². The molecule has 0 aliphatic carbocycles. The Morgan fingerprint density at radius 3 is 2.63 bits per heavy atom. The second-order valence-corrected chi connectivity index (χ2v) is 6.95. The predicted octanol–water partition coefficient (Wildman–Crippen LogP) is 3.60. The highest BCUT2D eigenvalue weighted by atomic mass is 35.5. The Morgan fingerprint density at radius 2 is 1.89 bits per heavy atom. The molecule has 1 heterocycles. The van der Waals surface area contributed by atoms with Crippen LogP contribution in [0.15, 0.2) is 42.5 Å². The zero-order valence-electron chi connectivity index (χ0n) is 15.1. The summed E-state index contributed by atoms with van der Waals surface area (Å²) in [5.74, 6) is -0.985. The van der Waals surface area contributed by atoms with Crippen LogP contribution in [0.3, 0.4) is 0 Å². The summed E-state index contributed by atoms with van der Waals surface area (Å²) >= 11 is 6.09. The lowest BCUT2D eigenvalue weighted by molar-refractivity contribution is -0.122. The third-order valence-electron chi connectivity index (χ3n) is 4.50. The molecule has 140 valence electrons. The molecular weight excluding hydrogens is 366 g/mol. The Labute approximate surface area is 162 Å². The minimum atomic E-state index is -0.458. The SMILES string of the molecule is CC(=O)Nc1cccc(N2C[C@H](C(=O)Nc3cccc(Cl)c3C)CC2=O)c1. The van der Waals surface area contributed by atoms with Gasteiger partial charge in [0, 0.05) is 42.0 Å². The number of anilines is 3. The second kappa shape index (κ2) is 7.80. The van der Waals surface area contributed by atoms with Gasteiger partial charge in [-0.05, 0) is 42.8 Å². The van der Waals surface area contributed by atoms with Gasteiger partial charge in [-0.15, -0.1) is 0 Å². The lowest BCUT2D eigenvalue weighted by atomic mass is 10.1. The van der Waals surface area contributed by atoms with Crippen molar-refractivity contribution in [3.05, 3.63) is 53.1 Å². The van der Waals surface area contributed by atoms with Gasteiger partial charge in [0.05, 0.1) is 5.92 Å². The molecular formula is C20H20ClN3O3. The van der Waals surface area contributed by atoms with Gasteiger partial charge in [-0.25, -0.2) is 0 Å². The Kier molecular flexibility index (Phi) is 5.46. The molecule has 0 unspecified atom stereocenters. The van der Waals surface area contributed by atoms with Crippen LogP contribution in [0.1, 0.15) is 18.9 Å². The first kappa shape index (κ1) is 18.9. The van der Waals surface area contributed by atoms with Gasteiger partial charge in [0.25, 0.3) is 0 Å². The number of hydrogen-bond acceptors (Lipinski definition) is 3. The van der Waals surface area contributed by atoms with Crippen molar-refractivity contribution in [1.29, 1.82) is 0 Å². The highest BCUT2D eigenvalue weighted by Gasteiger charge is 2.35. The molecule has 0 radical (unpaired) electrons. The van der Waals surface area contributed by atoms with Crippen LogP contribution in [0.25, 0.3) is 0 Å². The average molecular weight is 386 g/mol. The lowest BCUT2D eigenvalue weighted by Crippen LogP contribution is -2.28. The highest BCUT2D eigenvalue weighted by molar-refractivity contribution is 6.31. The summed E-state index contributed by atoms with van der Waals surface area (Å²) in [5.41, 5.74) is 2.69. The summed E-state index contributed by atoms with van der Waals surface area (Å²) in [6.07, 6.45) is 0.135. The monoisotopic (exact) mass is 385 g/mol. The van der Waals surface area contributed by atoms with Gasteiger partial charge in [-0.1, -0.05) is 23.7 Å². The van der Waals surface area contributed by atoms with Gasteiger partial charge >= 0.3 is 0 Å². The zero-order valence-corrected chi connectivity index (χ0v) is 15.8. The van der Waals surface area contributed by atoms with E-state index in [-0.39, 0.29) is 30.7 Å². The standard InChI is InChI=1S/C20H20ClN3O3/c1-12-17(21)7-4-8-18(12)23-20(27)14-9-19(26)24(11-14)16-6-3-5-15(10-16)22-13(2)25/h3-8,10,14H,9,11H2,1-2H3,(H,22,25)(H,23,27)/t14-/m1/s1. The van der Waals surface area contributed by atoms with E-state index in [1.807, 2.05) is 6.92 Å². The Balaban J connectivity index is 1.72. The van der Waals surface area contributed by atoms with E-state index in [0.29, 0.717) is 22.1 Å². The summed E-state index contributed by atoms with van der Waals surface area (Å²) in [7, 11) is 0. The molecule has 7 heteroatoms. The Hall–Kier alpha value is -2.86. The van der Waals surface area contributed by atoms with Crippen molar-refractivity contribution in [2.75, 3.05) is 22.1 Å². The molecule has 6 nitrogen and oxygen atoms in total. The molecule has 0 spiro atoms. The first-order valence-electron chi connectivity index (χ1n) is 8.59. The molecule has 1 aliphatic rings. The number of amides is 3. The molecule has 2 aromatic rings. The molecule has 1 fully saturated rings. The highest BCUT2D eigenvalue weighted by Crippen LogP contribution is 2.29. The minimum absolute atomic E-state index is 0.127. The van der Waals surface area contributed by atoms with Gasteiger partial charge in [0.1, 0.15) is 0 Å². The number of halogens is 1.